The van der Waals surface area contributed by atoms with Crippen molar-refractivity contribution < 1.29 is 4.79 Å². The average Bonchev–Trinajstić information content (AvgIpc) is 2.81. The van der Waals surface area contributed by atoms with Gasteiger partial charge in [0, 0.05) is 30.2 Å². The molecule has 0 unspecified atom stereocenters. The number of carbonyl (C=O) groups excluding carboxylic acids is 1. The summed E-state index contributed by atoms with van der Waals surface area (Å²) >= 11 is 0. The van der Waals surface area contributed by atoms with Crippen LogP contribution in [0.3, 0.4) is 0 Å². The third-order valence-corrected chi connectivity index (χ3v) is 3.43. The zero-order valence-corrected chi connectivity index (χ0v) is 12.1. The van der Waals surface area contributed by atoms with Crippen LogP contribution in [0.15, 0.2) is 18.2 Å². The summed E-state index contributed by atoms with van der Waals surface area (Å²) in [7, 11) is 2.03. The number of anilines is 1. The van der Waals surface area contributed by atoms with Gasteiger partial charge in [-0.15, -0.1) is 0 Å². The smallest absolute Gasteiger partial charge is 0.272 e. The summed E-state index contributed by atoms with van der Waals surface area (Å²) in [5, 5.41) is 10.5. The molecule has 1 amide bonds. The van der Waals surface area contributed by atoms with E-state index < -0.39 is 0 Å². The number of carbonyl (C=O) groups is 1. The fourth-order valence-corrected chi connectivity index (χ4v) is 1.89. The second-order valence-electron chi connectivity index (χ2n) is 5.21. The molecular formula is C14H21N5O. The van der Waals surface area contributed by atoms with Gasteiger partial charge in [0.15, 0.2) is 5.69 Å². The van der Waals surface area contributed by atoms with Crippen molar-refractivity contribution in [3.05, 3.63) is 23.9 Å². The summed E-state index contributed by atoms with van der Waals surface area (Å²) in [5.74, 6) is -0.181. The Kier molecular flexibility index (Phi) is 4.24. The molecule has 0 aliphatic rings. The first-order valence-corrected chi connectivity index (χ1v) is 6.71. The predicted molar refractivity (Wildman–Crippen MR) is 80.6 cm³/mol. The molecular weight excluding hydrogens is 254 g/mol. The zero-order chi connectivity index (χ0) is 14.7. The summed E-state index contributed by atoms with van der Waals surface area (Å²) in [5.41, 5.74) is 7.56. The van der Waals surface area contributed by atoms with Gasteiger partial charge in [0.05, 0.1) is 5.52 Å². The molecule has 20 heavy (non-hydrogen) atoms. The predicted octanol–water partition coefficient (Wildman–Crippen LogP) is 1.22. The number of rotatable bonds is 5. The van der Waals surface area contributed by atoms with Crippen molar-refractivity contribution in [2.45, 2.75) is 19.9 Å². The van der Waals surface area contributed by atoms with Gasteiger partial charge in [-0.1, -0.05) is 0 Å². The van der Waals surface area contributed by atoms with Gasteiger partial charge < -0.3 is 16.0 Å². The highest BCUT2D eigenvalue weighted by atomic mass is 16.1. The molecule has 0 bridgehead atoms. The van der Waals surface area contributed by atoms with Crippen molar-refractivity contribution in [3.8, 4) is 0 Å². The summed E-state index contributed by atoms with van der Waals surface area (Å²) in [4.78, 5) is 14.3. The van der Waals surface area contributed by atoms with Crippen LogP contribution in [0.25, 0.3) is 10.9 Å². The Hall–Kier alpha value is -2.08. The van der Waals surface area contributed by atoms with Crippen molar-refractivity contribution in [2.75, 3.05) is 25.9 Å². The van der Waals surface area contributed by atoms with Crippen molar-refractivity contribution in [3.63, 3.8) is 0 Å². The van der Waals surface area contributed by atoms with Crippen LogP contribution in [0, 0.1) is 0 Å². The lowest BCUT2D eigenvalue weighted by Gasteiger charge is -2.20. The minimum Gasteiger partial charge on any atom is -0.399 e. The maximum Gasteiger partial charge on any atom is 0.272 e. The molecule has 0 saturated heterocycles. The van der Waals surface area contributed by atoms with E-state index in [1.54, 1.807) is 12.1 Å². The number of likely N-dealkylation sites (N-methyl/N-ethyl adjacent to an activating group) is 1. The van der Waals surface area contributed by atoms with E-state index in [4.69, 9.17) is 5.73 Å². The van der Waals surface area contributed by atoms with E-state index in [-0.39, 0.29) is 5.91 Å². The van der Waals surface area contributed by atoms with Gasteiger partial charge in [-0.05, 0) is 39.1 Å². The molecule has 1 heterocycles. The number of nitrogens with two attached hydrogens (primary N) is 1. The first-order chi connectivity index (χ1) is 9.49. The van der Waals surface area contributed by atoms with Gasteiger partial charge in [-0.25, -0.2) is 0 Å². The number of H-pyrrole nitrogens is 1. The van der Waals surface area contributed by atoms with Gasteiger partial charge in [-0.2, -0.15) is 5.10 Å². The molecule has 0 fully saturated rings. The molecule has 4 N–H and O–H groups in total. The number of fused-ring (bicyclic) bond motifs is 1. The number of amides is 1. The van der Waals surface area contributed by atoms with Crippen molar-refractivity contribution in [2.24, 2.45) is 0 Å². The van der Waals surface area contributed by atoms with Crippen LogP contribution in [0.5, 0.6) is 0 Å². The topological polar surface area (TPSA) is 87.0 Å². The van der Waals surface area contributed by atoms with Crippen LogP contribution < -0.4 is 11.1 Å². The molecule has 108 valence electrons. The Morgan fingerprint density at radius 1 is 1.50 bits per heavy atom. The normalized spacial score (nSPS) is 11.4. The molecule has 6 heteroatoms. The second kappa shape index (κ2) is 5.92. The lowest BCUT2D eigenvalue weighted by molar-refractivity contribution is 0.0944. The molecule has 0 radical (unpaired) electrons. The SMILES string of the molecule is CC(C)N(C)CCNC(=O)c1n[nH]c2ccc(N)cc12. The second-order valence-corrected chi connectivity index (χ2v) is 5.21. The maximum absolute atomic E-state index is 12.1. The standard InChI is InChI=1S/C14H21N5O/c1-9(2)19(3)7-6-16-14(20)13-11-8-10(15)4-5-12(11)17-18-13/h4-5,8-9H,6-7,15H2,1-3H3,(H,16,20)(H,17,18). The van der Waals surface area contributed by atoms with E-state index >= 15 is 0 Å². The van der Waals surface area contributed by atoms with Crippen molar-refractivity contribution >= 4 is 22.5 Å². The highest BCUT2D eigenvalue weighted by molar-refractivity contribution is 6.05. The summed E-state index contributed by atoms with van der Waals surface area (Å²) in [6, 6.07) is 5.81. The maximum atomic E-state index is 12.1. The van der Waals surface area contributed by atoms with E-state index in [9.17, 15) is 4.79 Å². The number of nitrogens with one attached hydrogen (secondary N) is 2. The number of nitrogens with zero attached hydrogens (tertiary/aromatic N) is 2. The zero-order valence-electron chi connectivity index (χ0n) is 12.1. The molecule has 0 spiro atoms. The number of aromatic nitrogens is 2. The Morgan fingerprint density at radius 3 is 2.95 bits per heavy atom. The van der Waals surface area contributed by atoms with E-state index in [0.717, 1.165) is 17.4 Å². The van der Waals surface area contributed by atoms with Crippen LogP contribution in [-0.4, -0.2) is 47.2 Å². The minimum atomic E-state index is -0.181. The number of nitrogen functional groups attached to an aromatic ring is 1. The Morgan fingerprint density at radius 2 is 2.25 bits per heavy atom. The van der Waals surface area contributed by atoms with Crippen LogP contribution in [0.2, 0.25) is 0 Å². The molecule has 6 nitrogen and oxygen atoms in total. The monoisotopic (exact) mass is 275 g/mol. The van der Waals surface area contributed by atoms with E-state index in [1.807, 2.05) is 13.1 Å². The fourth-order valence-electron chi connectivity index (χ4n) is 1.89. The molecule has 1 aromatic carbocycles. The molecule has 1 aromatic heterocycles. The summed E-state index contributed by atoms with van der Waals surface area (Å²) < 4.78 is 0. The van der Waals surface area contributed by atoms with E-state index in [1.165, 1.54) is 0 Å². The number of benzene rings is 1. The van der Waals surface area contributed by atoms with Crippen molar-refractivity contribution in [1.82, 2.24) is 20.4 Å². The quantitative estimate of drug-likeness (QED) is 0.716. The Labute approximate surface area is 118 Å². The number of aromatic amines is 1. The first-order valence-electron chi connectivity index (χ1n) is 6.71. The van der Waals surface area contributed by atoms with Gasteiger partial charge in [0.25, 0.3) is 5.91 Å². The minimum absolute atomic E-state index is 0.181. The van der Waals surface area contributed by atoms with Gasteiger partial charge >= 0.3 is 0 Å². The summed E-state index contributed by atoms with van der Waals surface area (Å²) in [6.45, 7) is 5.62. The van der Waals surface area contributed by atoms with Crippen LogP contribution in [0.1, 0.15) is 24.3 Å². The van der Waals surface area contributed by atoms with Gasteiger partial charge in [0.2, 0.25) is 0 Å². The summed E-state index contributed by atoms with van der Waals surface area (Å²) in [6.07, 6.45) is 0. The first kappa shape index (κ1) is 14.3. The van der Waals surface area contributed by atoms with Crippen molar-refractivity contribution in [1.29, 1.82) is 0 Å². The molecule has 0 atom stereocenters. The Balaban J connectivity index is 2.03. The lowest BCUT2D eigenvalue weighted by Crippen LogP contribution is -2.36. The van der Waals surface area contributed by atoms with Gasteiger partial charge in [0.1, 0.15) is 0 Å². The number of hydrogen-bond acceptors (Lipinski definition) is 4. The third-order valence-electron chi connectivity index (χ3n) is 3.43. The van der Waals surface area contributed by atoms with E-state index in [2.05, 4.69) is 34.3 Å². The van der Waals surface area contributed by atoms with Crippen LogP contribution in [-0.2, 0) is 0 Å². The van der Waals surface area contributed by atoms with Gasteiger partial charge in [-0.3, -0.25) is 9.89 Å². The Bertz CT molecular complexity index is 605. The van der Waals surface area contributed by atoms with Crippen LogP contribution in [0.4, 0.5) is 5.69 Å². The average molecular weight is 275 g/mol. The number of hydrogen-bond donors (Lipinski definition) is 3. The molecule has 0 aliphatic carbocycles. The highest BCUT2D eigenvalue weighted by Crippen LogP contribution is 2.18. The molecule has 2 rings (SSSR count). The fraction of sp³-hybridized carbons (Fsp3) is 0.429. The molecule has 2 aromatic rings. The highest BCUT2D eigenvalue weighted by Gasteiger charge is 2.14. The van der Waals surface area contributed by atoms with Crippen LogP contribution >= 0.6 is 0 Å². The molecule has 0 aliphatic heterocycles. The largest absolute Gasteiger partial charge is 0.399 e. The van der Waals surface area contributed by atoms with E-state index in [0.29, 0.717) is 24.0 Å². The third kappa shape index (κ3) is 3.08. The molecule has 0 saturated carbocycles. The lowest BCUT2D eigenvalue weighted by atomic mass is 10.2.